The van der Waals surface area contributed by atoms with Gasteiger partial charge in [0.05, 0.1) is 18.4 Å². The number of carboxylic acid groups (broad SMARTS) is 2. The number of rotatable bonds is 10. The summed E-state index contributed by atoms with van der Waals surface area (Å²) in [4.78, 5) is 52.7. The molecule has 13 heteroatoms. The Morgan fingerprint density at radius 3 is 2.30 bits per heavy atom. The molecule has 3 aromatic rings. The number of fused-ring (bicyclic) bond motifs is 1. The average molecular weight is 509 g/mol. The van der Waals surface area contributed by atoms with Gasteiger partial charge in [-0.15, -0.1) is 0 Å². The minimum absolute atomic E-state index is 0.0138. The summed E-state index contributed by atoms with van der Waals surface area (Å²) in [6.45, 7) is 7.09. The van der Waals surface area contributed by atoms with Crippen LogP contribution in [0.4, 0.5) is 17.5 Å². The highest BCUT2D eigenvalue weighted by atomic mass is 16.4. The minimum Gasteiger partial charge on any atom is -0.481 e. The molecule has 0 fully saturated rings. The van der Waals surface area contributed by atoms with Crippen LogP contribution in [0.1, 0.15) is 28.9 Å². The first-order valence-electron chi connectivity index (χ1n) is 10.9. The third kappa shape index (κ3) is 8.28. The number of aromatic nitrogens is 4. The van der Waals surface area contributed by atoms with Gasteiger partial charge in [0, 0.05) is 24.7 Å². The third-order valence-electron chi connectivity index (χ3n) is 4.89. The molecule has 0 saturated heterocycles. The fourth-order valence-corrected chi connectivity index (χ4v) is 3.03. The SMILES string of the molecule is C=CC=C.CN(Cc1cnc2nc(N)nc(N)c2n1)c1ccc(C(=O)N[C@@H](CCC(=O)O)C(=O)O)cc1. The molecule has 2 aromatic heterocycles. The summed E-state index contributed by atoms with van der Waals surface area (Å²) in [5.41, 5.74) is 13.7. The van der Waals surface area contributed by atoms with Gasteiger partial charge in [-0.3, -0.25) is 9.59 Å². The number of amides is 1. The summed E-state index contributed by atoms with van der Waals surface area (Å²) in [7, 11) is 1.82. The molecule has 37 heavy (non-hydrogen) atoms. The summed E-state index contributed by atoms with van der Waals surface area (Å²) in [6.07, 6.45) is 4.24. The molecule has 1 aromatic carbocycles. The molecule has 0 spiro atoms. The highest BCUT2D eigenvalue weighted by Gasteiger charge is 2.21. The maximum atomic E-state index is 12.4. The van der Waals surface area contributed by atoms with Crippen LogP contribution in [0.25, 0.3) is 11.2 Å². The molecule has 7 N–H and O–H groups in total. The van der Waals surface area contributed by atoms with Gasteiger partial charge >= 0.3 is 11.9 Å². The number of nitrogens with two attached hydrogens (primary N) is 2. The number of carboxylic acids is 2. The Hall–Kier alpha value is -5.07. The molecule has 194 valence electrons. The van der Waals surface area contributed by atoms with Gasteiger partial charge in [-0.05, 0) is 30.7 Å². The van der Waals surface area contributed by atoms with Crippen molar-refractivity contribution in [1.82, 2.24) is 25.3 Å². The van der Waals surface area contributed by atoms with E-state index in [2.05, 4.69) is 38.4 Å². The van der Waals surface area contributed by atoms with Crippen LogP contribution in [0.15, 0.2) is 55.8 Å². The number of allylic oxidation sites excluding steroid dienone is 2. The zero-order valence-corrected chi connectivity index (χ0v) is 20.2. The largest absolute Gasteiger partial charge is 0.481 e. The van der Waals surface area contributed by atoms with Crippen molar-refractivity contribution in [3.63, 3.8) is 0 Å². The van der Waals surface area contributed by atoms with Crippen LogP contribution in [0.2, 0.25) is 0 Å². The number of aliphatic carboxylic acids is 2. The summed E-state index contributed by atoms with van der Waals surface area (Å²) in [5, 5.41) is 20.2. The van der Waals surface area contributed by atoms with Crippen LogP contribution >= 0.6 is 0 Å². The van der Waals surface area contributed by atoms with Gasteiger partial charge in [0.2, 0.25) is 5.95 Å². The minimum atomic E-state index is -1.30. The Bertz CT molecular complexity index is 1290. The quantitative estimate of drug-likeness (QED) is 0.247. The molecule has 0 bridgehead atoms. The molecule has 1 atom stereocenters. The second kappa shape index (κ2) is 13.1. The van der Waals surface area contributed by atoms with Crippen LogP contribution in [0.3, 0.4) is 0 Å². The Labute approximate surface area is 212 Å². The van der Waals surface area contributed by atoms with Gasteiger partial charge in [0.15, 0.2) is 17.0 Å². The smallest absolute Gasteiger partial charge is 0.326 e. The Balaban J connectivity index is 0.00000112. The first-order valence-corrected chi connectivity index (χ1v) is 10.9. The second-order valence-corrected chi connectivity index (χ2v) is 7.67. The maximum absolute atomic E-state index is 12.4. The lowest BCUT2D eigenvalue weighted by Crippen LogP contribution is -2.41. The van der Waals surface area contributed by atoms with Crippen molar-refractivity contribution in [1.29, 1.82) is 0 Å². The van der Waals surface area contributed by atoms with E-state index in [1.54, 1.807) is 30.5 Å². The van der Waals surface area contributed by atoms with E-state index in [0.717, 1.165) is 5.69 Å². The van der Waals surface area contributed by atoms with Crippen molar-refractivity contribution in [2.24, 2.45) is 0 Å². The molecule has 1 amide bonds. The second-order valence-electron chi connectivity index (χ2n) is 7.67. The Morgan fingerprint density at radius 1 is 1.08 bits per heavy atom. The lowest BCUT2D eigenvalue weighted by molar-refractivity contribution is -0.140. The molecule has 3 rings (SSSR count). The third-order valence-corrected chi connectivity index (χ3v) is 4.89. The number of nitrogen functional groups attached to an aromatic ring is 2. The molecule has 13 nitrogen and oxygen atoms in total. The number of benzene rings is 1. The van der Waals surface area contributed by atoms with Crippen molar-refractivity contribution in [3.05, 3.63) is 67.0 Å². The van der Waals surface area contributed by atoms with Crippen molar-refractivity contribution in [2.45, 2.75) is 25.4 Å². The number of hydrogen-bond donors (Lipinski definition) is 5. The zero-order valence-electron chi connectivity index (χ0n) is 20.2. The fraction of sp³-hybridized carbons (Fsp3) is 0.208. The standard InChI is InChI=1S/C20H22N8O5.C4H6/c1-28(9-11-8-23-17-15(24-11)16(21)26-20(22)27-17)12-4-2-10(3-5-12)18(31)25-13(19(32)33)6-7-14(29)30;1-3-4-2/h2-5,8,13H,6-7,9H2,1H3,(H,25,31)(H,29,30)(H,32,33)(H4,21,22,23,26,27);3-4H,1-2H2/t13-;/m0./s1. The van der Waals surface area contributed by atoms with Crippen molar-refractivity contribution >= 4 is 46.5 Å². The van der Waals surface area contributed by atoms with Crippen LogP contribution in [0, 0.1) is 0 Å². The van der Waals surface area contributed by atoms with Crippen molar-refractivity contribution < 1.29 is 24.6 Å². The lowest BCUT2D eigenvalue weighted by Gasteiger charge is -2.19. The Kier molecular flexibility index (Phi) is 10.00. The van der Waals surface area contributed by atoms with Gasteiger partial charge in [-0.2, -0.15) is 9.97 Å². The number of nitrogens with zero attached hydrogens (tertiary/aromatic N) is 5. The lowest BCUT2D eigenvalue weighted by atomic mass is 10.1. The number of carbonyl (C=O) groups excluding carboxylic acids is 1. The number of hydrogen-bond acceptors (Lipinski definition) is 10. The fourth-order valence-electron chi connectivity index (χ4n) is 3.03. The first kappa shape index (κ1) is 28.2. The highest BCUT2D eigenvalue weighted by Crippen LogP contribution is 2.19. The predicted octanol–water partition coefficient (Wildman–Crippen LogP) is 1.63. The van der Waals surface area contributed by atoms with Gasteiger partial charge in [0.1, 0.15) is 6.04 Å². The summed E-state index contributed by atoms with van der Waals surface area (Å²) in [6, 6.07) is 5.16. The van der Waals surface area contributed by atoms with Gasteiger partial charge in [-0.25, -0.2) is 14.8 Å². The summed E-state index contributed by atoms with van der Waals surface area (Å²) in [5.74, 6) is -2.91. The molecule has 0 aliphatic heterocycles. The van der Waals surface area contributed by atoms with Gasteiger partial charge in [0.25, 0.3) is 5.91 Å². The highest BCUT2D eigenvalue weighted by molar-refractivity contribution is 5.97. The molecular weight excluding hydrogens is 480 g/mol. The molecule has 0 aliphatic rings. The molecule has 0 saturated carbocycles. The number of nitrogens with one attached hydrogen (secondary N) is 1. The molecular formula is C24H28N8O5. The van der Waals surface area contributed by atoms with Crippen LogP contribution in [-0.2, 0) is 16.1 Å². The van der Waals surface area contributed by atoms with E-state index in [0.29, 0.717) is 23.4 Å². The first-order chi connectivity index (χ1) is 17.5. The topological polar surface area (TPSA) is 211 Å². The van der Waals surface area contributed by atoms with E-state index in [1.807, 2.05) is 11.9 Å². The molecule has 0 radical (unpaired) electrons. The van der Waals surface area contributed by atoms with Crippen molar-refractivity contribution in [2.75, 3.05) is 23.4 Å². The van der Waals surface area contributed by atoms with E-state index < -0.39 is 23.9 Å². The number of anilines is 3. The van der Waals surface area contributed by atoms with Crippen LogP contribution in [-0.4, -0.2) is 61.1 Å². The normalized spacial score (nSPS) is 10.9. The zero-order chi connectivity index (χ0) is 27.5. The average Bonchev–Trinajstić information content (AvgIpc) is 2.86. The monoisotopic (exact) mass is 508 g/mol. The molecule has 0 aliphatic carbocycles. The molecule has 0 unspecified atom stereocenters. The summed E-state index contributed by atoms with van der Waals surface area (Å²) >= 11 is 0. The van der Waals surface area contributed by atoms with E-state index >= 15 is 0 Å². The Morgan fingerprint density at radius 2 is 1.73 bits per heavy atom. The van der Waals surface area contributed by atoms with Crippen molar-refractivity contribution in [3.8, 4) is 0 Å². The van der Waals surface area contributed by atoms with E-state index in [9.17, 15) is 19.5 Å². The maximum Gasteiger partial charge on any atom is 0.326 e. The van der Waals surface area contributed by atoms with Gasteiger partial charge < -0.3 is 31.9 Å². The van der Waals surface area contributed by atoms with Crippen LogP contribution < -0.4 is 21.7 Å². The van der Waals surface area contributed by atoms with Gasteiger partial charge in [-0.1, -0.05) is 25.3 Å². The van der Waals surface area contributed by atoms with Crippen LogP contribution in [0.5, 0.6) is 0 Å². The van der Waals surface area contributed by atoms with E-state index in [1.165, 1.54) is 12.1 Å². The summed E-state index contributed by atoms with van der Waals surface area (Å²) < 4.78 is 0. The predicted molar refractivity (Wildman–Crippen MR) is 139 cm³/mol. The molecule has 2 heterocycles. The number of carbonyl (C=O) groups is 3. The van der Waals surface area contributed by atoms with E-state index in [4.69, 9.17) is 16.6 Å². The van der Waals surface area contributed by atoms with E-state index in [-0.39, 0.29) is 30.2 Å².